The first-order valence-corrected chi connectivity index (χ1v) is 7.89. The molecular weight excluding hydrogens is 316 g/mol. The molecular formula is C20H22N2O3. The number of benzene rings is 1. The number of hydrogen-bond acceptors (Lipinski definition) is 4. The maximum Gasteiger partial charge on any atom is 0.244 e. The largest absolute Gasteiger partial charge is 0.497 e. The minimum atomic E-state index is -0.193. The van der Waals surface area contributed by atoms with E-state index in [0.29, 0.717) is 17.9 Å². The van der Waals surface area contributed by atoms with Crippen LogP contribution in [0.4, 0.5) is 0 Å². The molecule has 0 fully saturated rings. The molecule has 0 aliphatic heterocycles. The first kappa shape index (κ1) is 18.3. The van der Waals surface area contributed by atoms with Crippen LogP contribution in [0.5, 0.6) is 11.5 Å². The molecule has 0 aliphatic rings. The Morgan fingerprint density at radius 2 is 2.00 bits per heavy atom. The van der Waals surface area contributed by atoms with E-state index in [1.807, 2.05) is 24.3 Å². The van der Waals surface area contributed by atoms with Crippen LogP contribution < -0.4 is 14.8 Å². The van der Waals surface area contributed by atoms with E-state index in [1.165, 1.54) is 6.08 Å². The molecule has 5 nitrogen and oxygen atoms in total. The highest BCUT2D eigenvalue weighted by Crippen LogP contribution is 2.25. The summed E-state index contributed by atoms with van der Waals surface area (Å²) in [6, 6.07) is 9.04. The quantitative estimate of drug-likeness (QED) is 0.591. The summed E-state index contributed by atoms with van der Waals surface area (Å²) < 4.78 is 10.5. The molecule has 0 saturated carbocycles. The fourth-order valence-electron chi connectivity index (χ4n) is 2.38. The summed E-state index contributed by atoms with van der Waals surface area (Å²) in [5.74, 6) is 1.14. The van der Waals surface area contributed by atoms with Gasteiger partial charge in [-0.05, 0) is 42.3 Å². The van der Waals surface area contributed by atoms with E-state index in [-0.39, 0.29) is 11.9 Å². The maximum absolute atomic E-state index is 12.3. The predicted molar refractivity (Wildman–Crippen MR) is 98.5 cm³/mol. The number of nitrogens with one attached hydrogen (secondary N) is 1. The molecule has 1 aromatic carbocycles. The molecule has 0 spiro atoms. The van der Waals surface area contributed by atoms with Crippen molar-refractivity contribution in [2.24, 2.45) is 0 Å². The first-order valence-electron chi connectivity index (χ1n) is 7.89. The topological polar surface area (TPSA) is 60.5 Å². The Morgan fingerprint density at radius 3 is 2.64 bits per heavy atom. The van der Waals surface area contributed by atoms with Gasteiger partial charge in [-0.15, -0.1) is 6.58 Å². The summed E-state index contributed by atoms with van der Waals surface area (Å²) in [4.78, 5) is 16.3. The lowest BCUT2D eigenvalue weighted by Crippen LogP contribution is -2.26. The van der Waals surface area contributed by atoms with Crippen molar-refractivity contribution in [2.45, 2.75) is 12.5 Å². The summed E-state index contributed by atoms with van der Waals surface area (Å²) in [7, 11) is 3.17. The van der Waals surface area contributed by atoms with Gasteiger partial charge < -0.3 is 14.8 Å². The minimum absolute atomic E-state index is 0.143. The summed E-state index contributed by atoms with van der Waals surface area (Å²) in [5.41, 5.74) is 1.78. The molecule has 5 heteroatoms. The van der Waals surface area contributed by atoms with Crippen LogP contribution in [0.15, 0.2) is 61.5 Å². The lowest BCUT2D eigenvalue weighted by atomic mass is 10.1. The highest BCUT2D eigenvalue weighted by Gasteiger charge is 2.11. The average molecular weight is 338 g/mol. The molecule has 2 rings (SSSR count). The number of aromatic nitrogens is 1. The van der Waals surface area contributed by atoms with Gasteiger partial charge in [0.1, 0.15) is 11.5 Å². The smallest absolute Gasteiger partial charge is 0.244 e. The SMILES string of the molecule is C=CC[C@@H](NC(=O)/C=C/c1ccc(OC)cc1OC)c1ccncc1. The molecule has 0 aliphatic carbocycles. The second-order valence-corrected chi connectivity index (χ2v) is 5.31. The Bertz CT molecular complexity index is 742. The van der Waals surface area contributed by atoms with E-state index < -0.39 is 0 Å². The van der Waals surface area contributed by atoms with Gasteiger partial charge in [-0.2, -0.15) is 0 Å². The molecule has 1 atom stereocenters. The summed E-state index contributed by atoms with van der Waals surface area (Å²) in [5, 5.41) is 2.97. The third kappa shape index (κ3) is 5.21. The zero-order valence-corrected chi connectivity index (χ0v) is 14.4. The molecule has 0 radical (unpaired) electrons. The number of carbonyl (C=O) groups is 1. The van der Waals surface area contributed by atoms with Crippen LogP contribution in [0.3, 0.4) is 0 Å². The Labute approximate surface area is 148 Å². The van der Waals surface area contributed by atoms with E-state index in [9.17, 15) is 4.79 Å². The highest BCUT2D eigenvalue weighted by atomic mass is 16.5. The van der Waals surface area contributed by atoms with Gasteiger partial charge in [-0.3, -0.25) is 9.78 Å². The second-order valence-electron chi connectivity index (χ2n) is 5.31. The van der Waals surface area contributed by atoms with E-state index in [2.05, 4.69) is 16.9 Å². The van der Waals surface area contributed by atoms with Crippen molar-refractivity contribution in [1.29, 1.82) is 0 Å². The fraction of sp³-hybridized carbons (Fsp3) is 0.200. The van der Waals surface area contributed by atoms with Crippen molar-refractivity contribution >= 4 is 12.0 Å². The van der Waals surface area contributed by atoms with E-state index >= 15 is 0 Å². The molecule has 2 aromatic rings. The molecule has 130 valence electrons. The minimum Gasteiger partial charge on any atom is -0.497 e. The van der Waals surface area contributed by atoms with Gasteiger partial charge in [0.05, 0.1) is 20.3 Å². The van der Waals surface area contributed by atoms with Crippen LogP contribution >= 0.6 is 0 Å². The van der Waals surface area contributed by atoms with Crippen LogP contribution in [-0.2, 0) is 4.79 Å². The van der Waals surface area contributed by atoms with Crippen LogP contribution in [0.2, 0.25) is 0 Å². The lowest BCUT2D eigenvalue weighted by Gasteiger charge is -2.16. The number of carbonyl (C=O) groups excluding carboxylic acids is 1. The van der Waals surface area contributed by atoms with E-state index in [4.69, 9.17) is 9.47 Å². The van der Waals surface area contributed by atoms with Gasteiger partial charge in [0.15, 0.2) is 0 Å². The number of methoxy groups -OCH3 is 2. The Morgan fingerprint density at radius 1 is 1.24 bits per heavy atom. The van der Waals surface area contributed by atoms with Crippen molar-refractivity contribution in [3.05, 3.63) is 72.6 Å². The van der Waals surface area contributed by atoms with E-state index in [1.54, 1.807) is 44.8 Å². The number of hydrogen-bond donors (Lipinski definition) is 1. The summed E-state index contributed by atoms with van der Waals surface area (Å²) in [6.07, 6.45) is 9.02. The molecule has 25 heavy (non-hydrogen) atoms. The molecule has 1 N–H and O–H groups in total. The Kier molecular flexibility index (Phi) is 6.77. The monoisotopic (exact) mass is 338 g/mol. The van der Waals surface area contributed by atoms with Gasteiger partial charge in [0.25, 0.3) is 0 Å². The van der Waals surface area contributed by atoms with Crippen LogP contribution in [0.25, 0.3) is 6.08 Å². The highest BCUT2D eigenvalue weighted by molar-refractivity contribution is 5.92. The number of amides is 1. The standard InChI is InChI=1S/C20H22N2O3/c1-4-5-18(15-10-12-21-13-11-15)22-20(23)9-7-16-6-8-17(24-2)14-19(16)25-3/h4,6-14,18H,1,5H2,2-3H3,(H,22,23)/b9-7+/t18-/m1/s1. The second kappa shape index (κ2) is 9.27. The third-order valence-corrected chi connectivity index (χ3v) is 3.68. The average Bonchev–Trinajstić information content (AvgIpc) is 2.66. The molecule has 1 amide bonds. The molecule has 1 aromatic heterocycles. The first-order chi connectivity index (χ1) is 12.2. The summed E-state index contributed by atoms with van der Waals surface area (Å²) in [6.45, 7) is 3.75. The Hall–Kier alpha value is -3.08. The zero-order chi connectivity index (χ0) is 18.1. The normalized spacial score (nSPS) is 11.8. The van der Waals surface area contributed by atoms with E-state index in [0.717, 1.165) is 11.1 Å². The predicted octanol–water partition coefficient (Wildman–Crippen LogP) is 3.55. The fourth-order valence-corrected chi connectivity index (χ4v) is 2.38. The van der Waals surface area contributed by atoms with Crippen LogP contribution in [0, 0.1) is 0 Å². The Balaban J connectivity index is 2.10. The van der Waals surface area contributed by atoms with Gasteiger partial charge in [-0.1, -0.05) is 6.08 Å². The van der Waals surface area contributed by atoms with Crippen LogP contribution in [0.1, 0.15) is 23.6 Å². The number of ether oxygens (including phenoxy) is 2. The van der Waals surface area contributed by atoms with Crippen molar-refractivity contribution in [1.82, 2.24) is 10.3 Å². The van der Waals surface area contributed by atoms with Crippen molar-refractivity contribution in [2.75, 3.05) is 14.2 Å². The molecule has 1 heterocycles. The molecule has 0 saturated heterocycles. The van der Waals surface area contributed by atoms with Crippen LogP contribution in [-0.4, -0.2) is 25.1 Å². The van der Waals surface area contributed by atoms with Crippen molar-refractivity contribution in [3.8, 4) is 11.5 Å². The lowest BCUT2D eigenvalue weighted by molar-refractivity contribution is -0.117. The third-order valence-electron chi connectivity index (χ3n) is 3.68. The van der Waals surface area contributed by atoms with Gasteiger partial charge >= 0.3 is 0 Å². The number of nitrogens with zero attached hydrogens (tertiary/aromatic N) is 1. The zero-order valence-electron chi connectivity index (χ0n) is 14.4. The number of rotatable bonds is 8. The summed E-state index contributed by atoms with van der Waals surface area (Å²) >= 11 is 0. The molecule has 0 unspecified atom stereocenters. The number of pyridine rings is 1. The van der Waals surface area contributed by atoms with Crippen molar-refractivity contribution < 1.29 is 14.3 Å². The van der Waals surface area contributed by atoms with Gasteiger partial charge in [-0.25, -0.2) is 0 Å². The van der Waals surface area contributed by atoms with Gasteiger partial charge in [0, 0.05) is 30.1 Å². The van der Waals surface area contributed by atoms with Crippen molar-refractivity contribution in [3.63, 3.8) is 0 Å². The molecule has 0 bridgehead atoms. The maximum atomic E-state index is 12.3. The van der Waals surface area contributed by atoms with Gasteiger partial charge in [0.2, 0.25) is 5.91 Å².